The number of phenolic OH excluding ortho intramolecular Hbond substituents is 2. The van der Waals surface area contributed by atoms with Gasteiger partial charge in [0.15, 0.2) is 11.4 Å². The van der Waals surface area contributed by atoms with Crippen molar-refractivity contribution in [3.63, 3.8) is 0 Å². The minimum atomic E-state index is -0.669. The minimum Gasteiger partial charge on any atom is -0.507 e. The number of aromatic hydroxyl groups is 2. The molecule has 0 bridgehead atoms. The second kappa shape index (κ2) is 7.72. The van der Waals surface area contributed by atoms with E-state index in [-0.39, 0.29) is 33.4 Å². The first kappa shape index (κ1) is 19.2. The number of ketones is 1. The van der Waals surface area contributed by atoms with Gasteiger partial charge in [0.1, 0.15) is 17.1 Å². The van der Waals surface area contributed by atoms with Crippen LogP contribution in [0, 0.1) is 6.92 Å². The standard InChI is InChI=1S/C25H18O5/c1-15-22(27)19-14-18(17-10-6-3-7-11-17)25(29)30-24(19)21(23(15)28)20(26)13-12-16-8-4-2-5-9-16/h2-14,27-28H,1H3/b13-12+. The molecule has 0 aliphatic heterocycles. The second-order valence-electron chi connectivity index (χ2n) is 6.86. The van der Waals surface area contributed by atoms with Gasteiger partial charge in [-0.15, -0.1) is 0 Å². The molecule has 5 nitrogen and oxygen atoms in total. The lowest BCUT2D eigenvalue weighted by molar-refractivity contribution is 0.104. The number of carbonyl (C=O) groups is 1. The lowest BCUT2D eigenvalue weighted by Crippen LogP contribution is -2.06. The number of phenols is 2. The molecule has 0 saturated heterocycles. The molecule has 0 radical (unpaired) electrons. The van der Waals surface area contributed by atoms with Gasteiger partial charge in [-0.2, -0.15) is 0 Å². The first-order chi connectivity index (χ1) is 14.5. The summed E-state index contributed by atoms with van der Waals surface area (Å²) in [5.74, 6) is -1.20. The van der Waals surface area contributed by atoms with Crippen LogP contribution in [-0.4, -0.2) is 16.0 Å². The number of benzene rings is 3. The molecule has 0 aliphatic rings. The largest absolute Gasteiger partial charge is 0.507 e. The third-order valence-electron chi connectivity index (χ3n) is 4.94. The number of carbonyl (C=O) groups excluding carboxylic acids is 1. The van der Waals surface area contributed by atoms with E-state index in [1.807, 2.05) is 36.4 Å². The van der Waals surface area contributed by atoms with Crippen molar-refractivity contribution in [1.82, 2.24) is 0 Å². The molecule has 1 heterocycles. The normalized spacial score (nSPS) is 11.2. The smallest absolute Gasteiger partial charge is 0.344 e. The zero-order chi connectivity index (χ0) is 21.3. The van der Waals surface area contributed by atoms with E-state index < -0.39 is 17.2 Å². The lowest BCUT2D eigenvalue weighted by Gasteiger charge is -2.12. The number of hydrogen-bond donors (Lipinski definition) is 2. The molecule has 0 aliphatic carbocycles. The fourth-order valence-corrected chi connectivity index (χ4v) is 3.31. The van der Waals surface area contributed by atoms with Crippen molar-refractivity contribution in [3.05, 3.63) is 99.9 Å². The summed E-state index contributed by atoms with van der Waals surface area (Å²) in [6.07, 6.45) is 2.90. The summed E-state index contributed by atoms with van der Waals surface area (Å²) in [7, 11) is 0. The maximum atomic E-state index is 12.9. The van der Waals surface area contributed by atoms with Crippen LogP contribution >= 0.6 is 0 Å². The molecule has 1 aromatic heterocycles. The Kier molecular flexibility index (Phi) is 4.94. The summed E-state index contributed by atoms with van der Waals surface area (Å²) in [6, 6.07) is 19.6. The second-order valence-corrected chi connectivity index (χ2v) is 6.86. The van der Waals surface area contributed by atoms with Crippen LogP contribution in [0.3, 0.4) is 0 Å². The zero-order valence-electron chi connectivity index (χ0n) is 16.1. The van der Waals surface area contributed by atoms with Gasteiger partial charge in [0.05, 0.1) is 10.9 Å². The van der Waals surface area contributed by atoms with E-state index in [4.69, 9.17) is 4.42 Å². The highest BCUT2D eigenvalue weighted by Gasteiger charge is 2.23. The average Bonchev–Trinajstić information content (AvgIpc) is 2.77. The first-order valence-corrected chi connectivity index (χ1v) is 9.32. The van der Waals surface area contributed by atoms with E-state index in [0.717, 1.165) is 5.56 Å². The van der Waals surface area contributed by atoms with Crippen LogP contribution in [0.1, 0.15) is 21.5 Å². The maximum Gasteiger partial charge on any atom is 0.344 e. The third-order valence-corrected chi connectivity index (χ3v) is 4.94. The molecule has 3 aromatic carbocycles. The lowest BCUT2D eigenvalue weighted by atomic mass is 9.98. The van der Waals surface area contributed by atoms with E-state index in [2.05, 4.69) is 0 Å². The quantitative estimate of drug-likeness (QED) is 0.284. The molecule has 0 saturated carbocycles. The SMILES string of the molecule is Cc1c(O)c(C(=O)/C=C/c2ccccc2)c2oc(=O)c(-c3ccccc3)cc2c1O. The predicted octanol–water partition coefficient (Wildman–Crippen LogP) is 5.08. The van der Waals surface area contributed by atoms with E-state index in [9.17, 15) is 19.8 Å². The molecule has 0 unspecified atom stereocenters. The molecule has 4 aromatic rings. The van der Waals surface area contributed by atoms with Gasteiger partial charge in [0.25, 0.3) is 0 Å². The molecule has 30 heavy (non-hydrogen) atoms. The minimum absolute atomic E-state index is 0.131. The molecular formula is C25H18O5. The Hall–Kier alpha value is -4.12. The van der Waals surface area contributed by atoms with Crippen molar-refractivity contribution >= 4 is 22.8 Å². The molecule has 5 heteroatoms. The molecule has 0 fully saturated rings. The van der Waals surface area contributed by atoms with Crippen LogP contribution in [0.4, 0.5) is 0 Å². The van der Waals surface area contributed by atoms with E-state index in [1.165, 1.54) is 19.1 Å². The number of fused-ring (bicyclic) bond motifs is 1. The number of rotatable bonds is 4. The Morgan fingerprint density at radius 3 is 2.23 bits per heavy atom. The highest BCUT2D eigenvalue weighted by Crippen LogP contribution is 2.40. The van der Waals surface area contributed by atoms with Crippen LogP contribution in [0.15, 0.2) is 82.0 Å². The maximum absolute atomic E-state index is 12.9. The van der Waals surface area contributed by atoms with Crippen molar-refractivity contribution < 1.29 is 19.4 Å². The molecule has 2 N–H and O–H groups in total. The summed E-state index contributed by atoms with van der Waals surface area (Å²) in [5, 5.41) is 21.3. The van der Waals surface area contributed by atoms with Gasteiger partial charge in [-0.25, -0.2) is 4.79 Å². The molecule has 0 atom stereocenters. The van der Waals surface area contributed by atoms with Crippen molar-refractivity contribution in [2.24, 2.45) is 0 Å². The van der Waals surface area contributed by atoms with Crippen molar-refractivity contribution in [2.75, 3.05) is 0 Å². The fraction of sp³-hybridized carbons (Fsp3) is 0.0400. The van der Waals surface area contributed by atoms with Crippen LogP contribution in [0.2, 0.25) is 0 Å². The monoisotopic (exact) mass is 398 g/mol. The van der Waals surface area contributed by atoms with Gasteiger partial charge >= 0.3 is 5.63 Å². The molecule has 4 rings (SSSR count). The summed E-state index contributed by atoms with van der Waals surface area (Å²) in [4.78, 5) is 25.5. The Bertz CT molecular complexity index is 1330. The zero-order valence-corrected chi connectivity index (χ0v) is 16.1. The average molecular weight is 398 g/mol. The topological polar surface area (TPSA) is 87.7 Å². The highest BCUT2D eigenvalue weighted by molar-refractivity contribution is 6.16. The fourth-order valence-electron chi connectivity index (χ4n) is 3.31. The van der Waals surface area contributed by atoms with Gasteiger partial charge in [0, 0.05) is 5.56 Å². The van der Waals surface area contributed by atoms with Gasteiger partial charge in [0.2, 0.25) is 0 Å². The number of allylic oxidation sites excluding steroid dienone is 1. The Labute approximate surface area is 172 Å². The van der Waals surface area contributed by atoms with Crippen molar-refractivity contribution in [2.45, 2.75) is 6.92 Å². The van der Waals surface area contributed by atoms with Crippen LogP contribution in [-0.2, 0) is 0 Å². The molecule has 148 valence electrons. The van der Waals surface area contributed by atoms with Gasteiger partial charge < -0.3 is 14.6 Å². The Morgan fingerprint density at radius 1 is 0.933 bits per heavy atom. The first-order valence-electron chi connectivity index (χ1n) is 9.32. The molecule has 0 amide bonds. The molecular weight excluding hydrogens is 380 g/mol. The summed E-state index contributed by atoms with van der Waals surface area (Å²) in [5.41, 5.74) is 0.825. The Balaban J connectivity index is 1.92. The van der Waals surface area contributed by atoms with Crippen LogP contribution in [0.5, 0.6) is 11.5 Å². The van der Waals surface area contributed by atoms with E-state index in [0.29, 0.717) is 5.56 Å². The number of hydrogen-bond acceptors (Lipinski definition) is 5. The van der Waals surface area contributed by atoms with E-state index >= 15 is 0 Å². The van der Waals surface area contributed by atoms with Crippen LogP contribution in [0.25, 0.3) is 28.2 Å². The molecule has 0 spiro atoms. The van der Waals surface area contributed by atoms with Gasteiger partial charge in [-0.3, -0.25) is 4.79 Å². The van der Waals surface area contributed by atoms with Gasteiger partial charge in [-0.1, -0.05) is 66.7 Å². The predicted molar refractivity (Wildman–Crippen MR) is 116 cm³/mol. The van der Waals surface area contributed by atoms with E-state index in [1.54, 1.807) is 30.3 Å². The van der Waals surface area contributed by atoms with Crippen molar-refractivity contribution in [3.8, 4) is 22.6 Å². The van der Waals surface area contributed by atoms with Gasteiger partial charge in [-0.05, 0) is 30.2 Å². The summed E-state index contributed by atoms with van der Waals surface area (Å²) < 4.78 is 5.44. The summed E-state index contributed by atoms with van der Waals surface area (Å²) in [6.45, 7) is 1.50. The third kappa shape index (κ3) is 3.37. The van der Waals surface area contributed by atoms with Crippen LogP contribution < -0.4 is 5.63 Å². The summed E-state index contributed by atoms with van der Waals surface area (Å²) >= 11 is 0. The van der Waals surface area contributed by atoms with Crippen molar-refractivity contribution in [1.29, 1.82) is 0 Å². The highest BCUT2D eigenvalue weighted by atomic mass is 16.4. The Morgan fingerprint density at radius 2 is 1.57 bits per heavy atom.